The zero-order valence-electron chi connectivity index (χ0n) is 12.5. The number of hydrogen-bond donors (Lipinski definition) is 0. The lowest BCUT2D eigenvalue weighted by Gasteiger charge is -2.30. The Morgan fingerprint density at radius 2 is 1.65 bits per heavy atom. The van der Waals surface area contributed by atoms with E-state index < -0.39 is 36.1 Å². The summed E-state index contributed by atoms with van der Waals surface area (Å²) in [5.41, 5.74) is 0. The maximum atomic E-state index is 13.1. The van der Waals surface area contributed by atoms with E-state index in [1.54, 1.807) is 0 Å². The topological polar surface area (TPSA) is 52.6 Å². The van der Waals surface area contributed by atoms with Crippen LogP contribution in [0.5, 0.6) is 0 Å². The number of halogens is 5. The lowest BCUT2D eigenvalue weighted by molar-refractivity contribution is -0.275. The van der Waals surface area contributed by atoms with E-state index in [-0.39, 0.29) is 31.3 Å². The van der Waals surface area contributed by atoms with E-state index in [1.165, 1.54) is 6.92 Å². The van der Waals surface area contributed by atoms with E-state index in [4.69, 9.17) is 4.74 Å². The fraction of sp³-hybridized carbons (Fsp3) is 0.857. The summed E-state index contributed by atoms with van der Waals surface area (Å²) in [6, 6.07) is 0. The number of alkyl halides is 5. The summed E-state index contributed by atoms with van der Waals surface area (Å²) in [6.07, 6.45) is -8.13. The molecule has 0 aromatic rings. The largest absolute Gasteiger partial charge is 0.462 e. The van der Waals surface area contributed by atoms with Crippen molar-refractivity contribution in [1.82, 2.24) is 0 Å². The maximum absolute atomic E-state index is 13.1. The molecule has 2 aliphatic carbocycles. The lowest BCUT2D eigenvalue weighted by Crippen LogP contribution is -2.47. The molecule has 5 unspecified atom stereocenters. The van der Waals surface area contributed by atoms with E-state index in [0.717, 1.165) is 0 Å². The highest BCUT2D eigenvalue weighted by atomic mass is 19.4. The number of rotatable bonds is 4. The average molecular weight is 344 g/mol. The van der Waals surface area contributed by atoms with Crippen LogP contribution in [0.15, 0.2) is 0 Å². The third-order valence-electron chi connectivity index (χ3n) is 4.40. The van der Waals surface area contributed by atoms with Gasteiger partial charge in [-0.15, -0.1) is 0 Å². The van der Waals surface area contributed by atoms with Crippen LogP contribution in [0.4, 0.5) is 22.0 Å². The standard InChI is InChI=1S/C14H17F5O4/c1-6(20)22-10-5-7-3-8(10)4-9(7)11(21)23-12(13(2,15)16)14(17,18)19/h7-10,12H,3-5H2,1-2H3. The van der Waals surface area contributed by atoms with Crippen LogP contribution in [-0.4, -0.2) is 36.2 Å². The highest BCUT2D eigenvalue weighted by molar-refractivity contribution is 5.74. The van der Waals surface area contributed by atoms with Gasteiger partial charge in [0.05, 0.1) is 5.92 Å². The molecule has 0 saturated heterocycles. The van der Waals surface area contributed by atoms with Crippen molar-refractivity contribution in [3.8, 4) is 0 Å². The fourth-order valence-electron chi connectivity index (χ4n) is 3.53. The molecule has 0 aliphatic heterocycles. The van der Waals surface area contributed by atoms with Gasteiger partial charge in [-0.3, -0.25) is 9.59 Å². The third kappa shape index (κ3) is 3.92. The summed E-state index contributed by atoms with van der Waals surface area (Å²) in [5.74, 6) is -7.26. The molecule has 4 nitrogen and oxygen atoms in total. The molecular formula is C14H17F5O4. The molecule has 2 saturated carbocycles. The average Bonchev–Trinajstić information content (AvgIpc) is 2.91. The van der Waals surface area contributed by atoms with Crippen molar-refractivity contribution in [3.05, 3.63) is 0 Å². The molecular weight excluding hydrogens is 327 g/mol. The number of carbonyl (C=O) groups is 2. The zero-order valence-corrected chi connectivity index (χ0v) is 12.5. The Balaban J connectivity index is 1.99. The van der Waals surface area contributed by atoms with E-state index in [2.05, 4.69) is 4.74 Å². The van der Waals surface area contributed by atoms with E-state index in [1.807, 2.05) is 0 Å². The highest BCUT2D eigenvalue weighted by Crippen LogP contribution is 2.50. The van der Waals surface area contributed by atoms with Crippen molar-refractivity contribution in [2.24, 2.45) is 17.8 Å². The van der Waals surface area contributed by atoms with Crippen molar-refractivity contribution in [3.63, 3.8) is 0 Å². The second-order valence-corrected chi connectivity index (χ2v) is 6.30. The maximum Gasteiger partial charge on any atom is 0.431 e. The number of fused-ring (bicyclic) bond motifs is 2. The van der Waals surface area contributed by atoms with Gasteiger partial charge in [0.25, 0.3) is 12.0 Å². The summed E-state index contributed by atoms with van der Waals surface area (Å²) in [7, 11) is 0. The van der Waals surface area contributed by atoms with Crippen LogP contribution in [0.25, 0.3) is 0 Å². The molecule has 2 aliphatic rings. The minimum absolute atomic E-state index is 0.0654. The summed E-state index contributed by atoms with van der Waals surface area (Å²) < 4.78 is 73.2. The molecule has 2 bridgehead atoms. The first kappa shape index (κ1) is 17.9. The van der Waals surface area contributed by atoms with Crippen molar-refractivity contribution >= 4 is 11.9 Å². The van der Waals surface area contributed by atoms with Gasteiger partial charge in [0.1, 0.15) is 6.10 Å². The van der Waals surface area contributed by atoms with Crippen molar-refractivity contribution in [2.45, 2.75) is 57.4 Å². The molecule has 0 spiro atoms. The third-order valence-corrected chi connectivity index (χ3v) is 4.40. The van der Waals surface area contributed by atoms with Gasteiger partial charge in [-0.2, -0.15) is 13.2 Å². The molecule has 0 radical (unpaired) electrons. The molecule has 0 aromatic heterocycles. The second kappa shape index (κ2) is 5.90. The van der Waals surface area contributed by atoms with Crippen LogP contribution in [-0.2, 0) is 19.1 Å². The van der Waals surface area contributed by atoms with Crippen molar-refractivity contribution in [1.29, 1.82) is 0 Å². The van der Waals surface area contributed by atoms with Crippen LogP contribution in [0, 0.1) is 17.8 Å². The van der Waals surface area contributed by atoms with Gasteiger partial charge in [0.2, 0.25) is 0 Å². The Morgan fingerprint density at radius 3 is 2.04 bits per heavy atom. The monoisotopic (exact) mass is 344 g/mol. The van der Waals surface area contributed by atoms with Gasteiger partial charge in [-0.1, -0.05) is 0 Å². The molecule has 2 fully saturated rings. The highest BCUT2D eigenvalue weighted by Gasteiger charge is 2.58. The molecule has 0 aromatic carbocycles. The number of hydrogen-bond acceptors (Lipinski definition) is 4. The van der Waals surface area contributed by atoms with Crippen LogP contribution >= 0.6 is 0 Å². The Bertz CT molecular complexity index is 471. The van der Waals surface area contributed by atoms with E-state index in [9.17, 15) is 31.5 Å². The molecule has 0 N–H and O–H groups in total. The molecule has 0 amide bonds. The predicted molar refractivity (Wildman–Crippen MR) is 66.4 cm³/mol. The number of esters is 2. The Hall–Kier alpha value is -1.41. The summed E-state index contributed by atoms with van der Waals surface area (Å²) in [4.78, 5) is 22.8. The SMILES string of the molecule is CC(=O)OC1CC2CC1CC2C(=O)OC(C(C)(F)F)C(F)(F)F. The first-order valence-corrected chi connectivity index (χ1v) is 7.21. The second-order valence-electron chi connectivity index (χ2n) is 6.30. The van der Waals surface area contributed by atoms with Gasteiger partial charge in [0.15, 0.2) is 0 Å². The molecule has 5 atom stereocenters. The van der Waals surface area contributed by atoms with Crippen LogP contribution in [0.3, 0.4) is 0 Å². The molecule has 2 rings (SSSR count). The first-order valence-electron chi connectivity index (χ1n) is 7.21. The predicted octanol–water partition coefficient (Wildman–Crippen LogP) is 3.09. The van der Waals surface area contributed by atoms with Crippen molar-refractivity contribution < 1.29 is 41.0 Å². The van der Waals surface area contributed by atoms with E-state index >= 15 is 0 Å². The smallest absolute Gasteiger partial charge is 0.431 e. The Kier molecular flexibility index (Phi) is 4.60. The van der Waals surface area contributed by atoms with Gasteiger partial charge in [-0.05, 0) is 31.1 Å². The van der Waals surface area contributed by atoms with Gasteiger partial charge < -0.3 is 9.47 Å². The summed E-state index contributed by atoms with van der Waals surface area (Å²) in [6.45, 7) is 1.31. The molecule has 132 valence electrons. The number of carbonyl (C=O) groups excluding carboxylic acids is 2. The minimum Gasteiger partial charge on any atom is -0.462 e. The zero-order chi connectivity index (χ0) is 17.6. The summed E-state index contributed by atoms with van der Waals surface area (Å²) in [5, 5.41) is 0. The van der Waals surface area contributed by atoms with E-state index in [0.29, 0.717) is 12.8 Å². The first-order chi connectivity index (χ1) is 10.4. The van der Waals surface area contributed by atoms with Crippen LogP contribution in [0.2, 0.25) is 0 Å². The van der Waals surface area contributed by atoms with Gasteiger partial charge in [0, 0.05) is 13.8 Å². The quantitative estimate of drug-likeness (QED) is 0.581. The van der Waals surface area contributed by atoms with Crippen molar-refractivity contribution in [2.75, 3.05) is 0 Å². The molecule has 9 heteroatoms. The minimum atomic E-state index is -5.34. The fourth-order valence-corrected chi connectivity index (χ4v) is 3.53. The van der Waals surface area contributed by atoms with Gasteiger partial charge >= 0.3 is 18.1 Å². The van der Waals surface area contributed by atoms with Gasteiger partial charge in [-0.25, -0.2) is 8.78 Å². The summed E-state index contributed by atoms with van der Waals surface area (Å²) >= 11 is 0. The lowest BCUT2D eigenvalue weighted by atomic mass is 9.87. The molecule has 0 heterocycles. The number of ether oxygens (including phenoxy) is 2. The van der Waals surface area contributed by atoms with Crippen LogP contribution in [0.1, 0.15) is 33.1 Å². The Morgan fingerprint density at radius 1 is 1.04 bits per heavy atom. The Labute approximate surface area is 129 Å². The van der Waals surface area contributed by atoms with Crippen LogP contribution < -0.4 is 0 Å². The normalized spacial score (nSPS) is 31.8. The molecule has 23 heavy (non-hydrogen) atoms.